The molecule has 0 heterocycles. The van der Waals surface area contributed by atoms with Gasteiger partial charge in [0.2, 0.25) is 0 Å². The molecule has 3 atom stereocenters. The molecule has 0 aromatic heterocycles. The van der Waals surface area contributed by atoms with Gasteiger partial charge in [-0.2, -0.15) is 13.2 Å². The fraction of sp³-hybridized carbons (Fsp3) is 1.00. The lowest BCUT2D eigenvalue weighted by Gasteiger charge is -2.31. The van der Waals surface area contributed by atoms with Crippen LogP contribution in [-0.2, 0) is 0 Å². The molecule has 13 heavy (non-hydrogen) atoms. The minimum absolute atomic E-state index is 0.0395. The van der Waals surface area contributed by atoms with Gasteiger partial charge < -0.3 is 5.73 Å². The summed E-state index contributed by atoms with van der Waals surface area (Å²) in [5, 5.41) is 0. The Morgan fingerprint density at radius 3 is 2.31 bits per heavy atom. The number of hydrogen-bond acceptors (Lipinski definition) is 1. The number of halogens is 3. The Morgan fingerprint density at radius 1 is 1.23 bits per heavy atom. The Balaban J connectivity index is 2.01. The average molecular weight is 193 g/mol. The normalized spacial score (nSPS) is 45.2. The molecule has 1 spiro atoms. The quantitative estimate of drug-likeness (QED) is 0.628. The van der Waals surface area contributed by atoms with Crippen molar-refractivity contribution in [2.45, 2.75) is 44.3 Å². The number of hydrogen-bond donors (Lipinski definition) is 1. The highest BCUT2D eigenvalue weighted by Gasteiger charge is 2.57. The molecule has 0 radical (unpaired) electrons. The molecule has 0 unspecified atom stereocenters. The van der Waals surface area contributed by atoms with Gasteiger partial charge in [0.25, 0.3) is 0 Å². The Bertz CT molecular complexity index is 213. The zero-order valence-electron chi connectivity index (χ0n) is 7.40. The van der Waals surface area contributed by atoms with E-state index in [-0.39, 0.29) is 17.9 Å². The summed E-state index contributed by atoms with van der Waals surface area (Å²) in [6.45, 7) is 0. The van der Waals surface area contributed by atoms with Crippen LogP contribution < -0.4 is 5.73 Å². The number of rotatable bonds is 0. The van der Waals surface area contributed by atoms with E-state index in [1.807, 2.05) is 0 Å². The molecule has 2 N–H and O–H groups in total. The molecule has 0 aliphatic heterocycles. The molecule has 0 saturated heterocycles. The molecule has 0 aromatic rings. The molecule has 2 rings (SSSR count). The lowest BCUT2D eigenvalue weighted by atomic mass is 9.78. The van der Waals surface area contributed by atoms with Gasteiger partial charge in [-0.25, -0.2) is 0 Å². The van der Waals surface area contributed by atoms with E-state index in [0.717, 1.165) is 12.8 Å². The third-order valence-electron chi connectivity index (χ3n) is 3.60. The van der Waals surface area contributed by atoms with Crippen molar-refractivity contribution in [1.29, 1.82) is 0 Å². The van der Waals surface area contributed by atoms with Crippen LogP contribution in [0.1, 0.15) is 32.1 Å². The maximum atomic E-state index is 12.4. The topological polar surface area (TPSA) is 26.0 Å². The Morgan fingerprint density at radius 2 is 1.85 bits per heavy atom. The third-order valence-corrected chi connectivity index (χ3v) is 3.60. The molecule has 0 aromatic carbocycles. The third kappa shape index (κ3) is 1.56. The van der Waals surface area contributed by atoms with Gasteiger partial charge in [0, 0.05) is 6.04 Å². The van der Waals surface area contributed by atoms with Crippen LogP contribution >= 0.6 is 0 Å². The first-order valence-electron chi connectivity index (χ1n) is 4.76. The monoisotopic (exact) mass is 193 g/mol. The van der Waals surface area contributed by atoms with Crippen LogP contribution in [-0.4, -0.2) is 12.2 Å². The van der Waals surface area contributed by atoms with Crippen LogP contribution in [0.15, 0.2) is 0 Å². The van der Waals surface area contributed by atoms with E-state index >= 15 is 0 Å². The molecule has 2 fully saturated rings. The highest BCUT2D eigenvalue weighted by molar-refractivity contribution is 5.08. The molecule has 4 heteroatoms. The first kappa shape index (κ1) is 9.31. The fourth-order valence-corrected chi connectivity index (χ4v) is 2.58. The van der Waals surface area contributed by atoms with Gasteiger partial charge in [-0.1, -0.05) is 6.42 Å². The van der Waals surface area contributed by atoms with E-state index in [2.05, 4.69) is 0 Å². The highest BCUT2D eigenvalue weighted by atomic mass is 19.4. The molecular weight excluding hydrogens is 179 g/mol. The van der Waals surface area contributed by atoms with E-state index in [1.54, 1.807) is 0 Å². The van der Waals surface area contributed by atoms with Gasteiger partial charge >= 0.3 is 6.18 Å². The van der Waals surface area contributed by atoms with Gasteiger partial charge in [0.15, 0.2) is 0 Å². The summed E-state index contributed by atoms with van der Waals surface area (Å²) >= 11 is 0. The summed E-state index contributed by atoms with van der Waals surface area (Å²) in [6, 6.07) is 0.0395. The lowest BCUT2D eigenvalue weighted by Crippen LogP contribution is -2.31. The predicted molar refractivity (Wildman–Crippen MR) is 43.0 cm³/mol. The fourth-order valence-electron chi connectivity index (χ4n) is 2.58. The van der Waals surface area contributed by atoms with Crippen molar-refractivity contribution in [2.75, 3.05) is 0 Å². The minimum Gasteiger partial charge on any atom is -0.327 e. The van der Waals surface area contributed by atoms with Crippen molar-refractivity contribution >= 4 is 0 Å². The second kappa shape index (κ2) is 2.62. The summed E-state index contributed by atoms with van der Waals surface area (Å²) < 4.78 is 37.2. The Hall–Kier alpha value is -0.250. The van der Waals surface area contributed by atoms with E-state index in [0.29, 0.717) is 12.8 Å². The molecule has 2 aliphatic carbocycles. The SMILES string of the molecule is N[C@H]1C[C@]12CCC[C@H](C(F)(F)F)C2. The summed E-state index contributed by atoms with van der Waals surface area (Å²) in [6.07, 6.45) is -1.02. The van der Waals surface area contributed by atoms with Crippen LogP contribution in [0, 0.1) is 11.3 Å². The predicted octanol–water partition coefficient (Wildman–Crippen LogP) is 2.46. The first-order chi connectivity index (χ1) is 5.94. The second-order valence-electron chi connectivity index (χ2n) is 4.51. The van der Waals surface area contributed by atoms with Crippen LogP contribution in [0.3, 0.4) is 0 Å². The molecule has 0 amide bonds. The molecule has 2 saturated carbocycles. The van der Waals surface area contributed by atoms with Crippen LogP contribution in [0.5, 0.6) is 0 Å². The van der Waals surface area contributed by atoms with Gasteiger partial charge in [-0.3, -0.25) is 0 Å². The molecule has 1 nitrogen and oxygen atoms in total. The van der Waals surface area contributed by atoms with Gasteiger partial charge in [-0.15, -0.1) is 0 Å². The summed E-state index contributed by atoms with van der Waals surface area (Å²) in [4.78, 5) is 0. The largest absolute Gasteiger partial charge is 0.391 e. The maximum Gasteiger partial charge on any atom is 0.391 e. The Labute approximate surface area is 75.5 Å². The maximum absolute atomic E-state index is 12.4. The van der Waals surface area contributed by atoms with Crippen molar-refractivity contribution in [3.63, 3.8) is 0 Å². The lowest BCUT2D eigenvalue weighted by molar-refractivity contribution is -0.187. The summed E-state index contributed by atoms with van der Waals surface area (Å²) in [7, 11) is 0. The van der Waals surface area contributed by atoms with Gasteiger partial charge in [0.05, 0.1) is 5.92 Å². The smallest absolute Gasteiger partial charge is 0.327 e. The Kier molecular flexibility index (Phi) is 1.88. The highest BCUT2D eigenvalue weighted by Crippen LogP contribution is 2.58. The zero-order chi connectivity index (χ0) is 9.69. The van der Waals surface area contributed by atoms with Crippen molar-refractivity contribution in [2.24, 2.45) is 17.1 Å². The van der Waals surface area contributed by atoms with Crippen molar-refractivity contribution in [1.82, 2.24) is 0 Å². The molecule has 0 bridgehead atoms. The van der Waals surface area contributed by atoms with Crippen molar-refractivity contribution < 1.29 is 13.2 Å². The van der Waals surface area contributed by atoms with Crippen LogP contribution in [0.2, 0.25) is 0 Å². The second-order valence-corrected chi connectivity index (χ2v) is 4.51. The van der Waals surface area contributed by atoms with E-state index in [1.165, 1.54) is 0 Å². The van der Waals surface area contributed by atoms with Crippen LogP contribution in [0.4, 0.5) is 13.2 Å². The molecular formula is C9H14F3N. The minimum atomic E-state index is -4.00. The van der Waals surface area contributed by atoms with E-state index < -0.39 is 12.1 Å². The molecule has 2 aliphatic rings. The average Bonchev–Trinajstić information content (AvgIpc) is 2.59. The molecule has 76 valence electrons. The van der Waals surface area contributed by atoms with Crippen LogP contribution in [0.25, 0.3) is 0 Å². The standard InChI is InChI=1S/C9H14F3N/c10-9(11,12)6-2-1-3-8(4-6)5-7(8)13/h6-7H,1-5,13H2/t6-,7-,8+/m0/s1. The number of alkyl halides is 3. The summed E-state index contributed by atoms with van der Waals surface area (Å²) in [5.41, 5.74) is 5.54. The van der Waals surface area contributed by atoms with E-state index in [9.17, 15) is 13.2 Å². The van der Waals surface area contributed by atoms with Crippen molar-refractivity contribution in [3.8, 4) is 0 Å². The summed E-state index contributed by atoms with van der Waals surface area (Å²) in [5.74, 6) is -1.09. The van der Waals surface area contributed by atoms with E-state index in [4.69, 9.17) is 5.73 Å². The van der Waals surface area contributed by atoms with Gasteiger partial charge in [-0.05, 0) is 31.1 Å². The first-order valence-corrected chi connectivity index (χ1v) is 4.76. The zero-order valence-corrected chi connectivity index (χ0v) is 7.40. The number of nitrogens with two attached hydrogens (primary N) is 1. The van der Waals surface area contributed by atoms with Gasteiger partial charge in [0.1, 0.15) is 0 Å². The van der Waals surface area contributed by atoms with Crippen molar-refractivity contribution in [3.05, 3.63) is 0 Å².